The van der Waals surface area contributed by atoms with Crippen LogP contribution in [0, 0.1) is 6.92 Å². The van der Waals surface area contributed by atoms with Crippen molar-refractivity contribution in [1.82, 2.24) is 9.21 Å². The van der Waals surface area contributed by atoms with E-state index in [0.717, 1.165) is 48.3 Å². The van der Waals surface area contributed by atoms with Gasteiger partial charge in [0.15, 0.2) is 0 Å². The summed E-state index contributed by atoms with van der Waals surface area (Å²) >= 11 is 0. The highest BCUT2D eigenvalue weighted by Crippen LogP contribution is 2.32. The van der Waals surface area contributed by atoms with Crippen LogP contribution in [0.5, 0.6) is 0 Å². The molecular weight excluding hydrogens is 404 g/mol. The second kappa shape index (κ2) is 7.98. The van der Waals surface area contributed by atoms with Crippen LogP contribution in [0.15, 0.2) is 83.9 Å². The smallest absolute Gasteiger partial charge is 0.264 e. The zero-order valence-electron chi connectivity index (χ0n) is 17.7. The average molecular weight is 431 g/mol. The molecule has 0 bridgehead atoms. The number of nitrogens with zero attached hydrogens (tertiary/aromatic N) is 2. The van der Waals surface area contributed by atoms with Gasteiger partial charge in [0.25, 0.3) is 10.0 Å². The topological polar surface area (TPSA) is 40.6 Å². The van der Waals surface area contributed by atoms with Gasteiger partial charge >= 0.3 is 0 Å². The molecule has 158 valence electrons. The molecule has 0 N–H and O–H groups in total. The molecule has 0 saturated heterocycles. The van der Waals surface area contributed by atoms with Crippen molar-refractivity contribution < 1.29 is 8.42 Å². The van der Waals surface area contributed by atoms with Crippen molar-refractivity contribution in [3.63, 3.8) is 0 Å². The number of hydrogen-bond donors (Lipinski definition) is 0. The third-order valence-electron chi connectivity index (χ3n) is 6.22. The lowest BCUT2D eigenvalue weighted by Gasteiger charge is -2.33. The van der Waals surface area contributed by atoms with E-state index in [1.165, 1.54) is 15.4 Å². The first-order chi connectivity index (χ1) is 15.0. The highest BCUT2D eigenvalue weighted by atomic mass is 32.2. The molecule has 0 radical (unpaired) electrons. The summed E-state index contributed by atoms with van der Waals surface area (Å²) in [5, 5.41) is 0. The lowest BCUT2D eigenvalue weighted by Crippen LogP contribution is -2.34. The predicted molar refractivity (Wildman–Crippen MR) is 124 cm³/mol. The number of benzene rings is 3. The van der Waals surface area contributed by atoms with E-state index < -0.39 is 10.0 Å². The highest BCUT2D eigenvalue weighted by molar-refractivity contribution is 7.89. The van der Waals surface area contributed by atoms with Crippen LogP contribution in [-0.2, 0) is 29.5 Å². The zero-order chi connectivity index (χ0) is 21.4. The van der Waals surface area contributed by atoms with Crippen molar-refractivity contribution in [1.29, 1.82) is 0 Å². The molecule has 0 aromatic heterocycles. The molecule has 3 aromatic rings. The molecule has 5 rings (SSSR count). The third kappa shape index (κ3) is 3.91. The van der Waals surface area contributed by atoms with Crippen LogP contribution in [0.1, 0.15) is 27.8 Å². The van der Waals surface area contributed by atoms with Crippen LogP contribution in [0.25, 0.3) is 5.57 Å². The summed E-state index contributed by atoms with van der Waals surface area (Å²) in [6.45, 7) is 4.91. The van der Waals surface area contributed by atoms with Crippen molar-refractivity contribution in [3.8, 4) is 0 Å². The standard InChI is InChI=1S/C26H26N2O2S/c1-20-10-12-25(13-11-20)31(29,30)28-18-23-8-4-5-9-26(23)24(19-28)17-27-15-14-21-6-2-3-7-22(21)16-27/h2-13,19H,14-18H2,1H3. The quantitative estimate of drug-likeness (QED) is 0.607. The maximum absolute atomic E-state index is 13.4. The molecule has 3 aromatic carbocycles. The number of aryl methyl sites for hydroxylation is 1. The van der Waals surface area contributed by atoms with Crippen LogP contribution in [-0.4, -0.2) is 30.7 Å². The minimum atomic E-state index is -3.61. The van der Waals surface area contributed by atoms with Gasteiger partial charge in [-0.25, -0.2) is 8.42 Å². The van der Waals surface area contributed by atoms with Crippen LogP contribution in [0.2, 0.25) is 0 Å². The minimum absolute atomic E-state index is 0.333. The average Bonchev–Trinajstić information content (AvgIpc) is 2.79. The Balaban J connectivity index is 1.47. The van der Waals surface area contributed by atoms with Crippen LogP contribution in [0.3, 0.4) is 0 Å². The molecule has 0 unspecified atom stereocenters. The summed E-state index contributed by atoms with van der Waals surface area (Å²) in [5.41, 5.74) is 7.08. The van der Waals surface area contributed by atoms with Gasteiger partial charge in [-0.3, -0.25) is 9.21 Å². The molecule has 0 spiro atoms. The van der Waals surface area contributed by atoms with Gasteiger partial charge in [0.05, 0.1) is 11.4 Å². The van der Waals surface area contributed by atoms with Gasteiger partial charge in [0.2, 0.25) is 0 Å². The van der Waals surface area contributed by atoms with Crippen molar-refractivity contribution in [2.24, 2.45) is 0 Å². The van der Waals surface area contributed by atoms with E-state index >= 15 is 0 Å². The molecular formula is C26H26N2O2S. The van der Waals surface area contributed by atoms with Crippen molar-refractivity contribution >= 4 is 15.6 Å². The Labute approximate surface area is 184 Å². The SMILES string of the molecule is Cc1ccc(S(=O)(=O)N2C=C(CN3CCc4ccccc4C3)c3ccccc3C2)cc1. The van der Waals surface area contributed by atoms with E-state index in [-0.39, 0.29) is 0 Å². The van der Waals surface area contributed by atoms with Crippen LogP contribution < -0.4 is 0 Å². The first kappa shape index (κ1) is 20.0. The van der Waals surface area contributed by atoms with Crippen molar-refractivity contribution in [2.75, 3.05) is 13.1 Å². The van der Waals surface area contributed by atoms with Gasteiger partial charge in [-0.2, -0.15) is 0 Å². The van der Waals surface area contributed by atoms with Gasteiger partial charge in [-0.15, -0.1) is 0 Å². The lowest BCUT2D eigenvalue weighted by molar-refractivity contribution is 0.285. The third-order valence-corrected chi connectivity index (χ3v) is 7.94. The Morgan fingerprint density at radius 3 is 2.26 bits per heavy atom. The number of fused-ring (bicyclic) bond motifs is 2. The maximum Gasteiger partial charge on any atom is 0.264 e. The summed E-state index contributed by atoms with van der Waals surface area (Å²) in [7, 11) is -3.61. The molecule has 0 atom stereocenters. The van der Waals surface area contributed by atoms with Crippen molar-refractivity contribution in [2.45, 2.75) is 31.3 Å². The fourth-order valence-electron chi connectivity index (χ4n) is 4.48. The molecule has 0 aliphatic carbocycles. The van der Waals surface area contributed by atoms with Gasteiger partial charge in [0, 0.05) is 25.8 Å². The van der Waals surface area contributed by atoms with Crippen LogP contribution >= 0.6 is 0 Å². The fraction of sp³-hybridized carbons (Fsp3) is 0.231. The van der Waals surface area contributed by atoms with E-state index in [1.54, 1.807) is 12.1 Å². The fourth-order valence-corrected chi connectivity index (χ4v) is 5.81. The lowest BCUT2D eigenvalue weighted by atomic mass is 9.95. The second-order valence-electron chi connectivity index (χ2n) is 8.40. The summed E-state index contributed by atoms with van der Waals surface area (Å²) in [5.74, 6) is 0. The van der Waals surface area contributed by atoms with Gasteiger partial charge in [0.1, 0.15) is 0 Å². The summed E-state index contributed by atoms with van der Waals surface area (Å²) in [6.07, 6.45) is 2.87. The second-order valence-corrected chi connectivity index (χ2v) is 10.3. The van der Waals surface area contributed by atoms with E-state index in [2.05, 4.69) is 35.2 Å². The van der Waals surface area contributed by atoms with Gasteiger partial charge < -0.3 is 0 Å². The molecule has 4 nitrogen and oxygen atoms in total. The molecule has 0 amide bonds. The van der Waals surface area contributed by atoms with Crippen LogP contribution in [0.4, 0.5) is 0 Å². The van der Waals surface area contributed by atoms with E-state index in [1.807, 2.05) is 43.5 Å². The summed E-state index contributed by atoms with van der Waals surface area (Å²) in [6, 6.07) is 23.8. The molecule has 2 heterocycles. The van der Waals surface area contributed by atoms with E-state index in [0.29, 0.717) is 11.4 Å². The normalized spacial score (nSPS) is 16.4. The molecule has 5 heteroatoms. The highest BCUT2D eigenvalue weighted by Gasteiger charge is 2.28. The predicted octanol–water partition coefficient (Wildman–Crippen LogP) is 4.60. The zero-order valence-corrected chi connectivity index (χ0v) is 18.5. The Morgan fingerprint density at radius 2 is 1.48 bits per heavy atom. The largest absolute Gasteiger partial charge is 0.294 e. The molecule has 2 aliphatic heterocycles. The maximum atomic E-state index is 13.4. The van der Waals surface area contributed by atoms with Crippen molar-refractivity contribution in [3.05, 3.63) is 107 Å². The number of rotatable bonds is 4. The Bertz CT molecular complexity index is 1250. The number of sulfonamides is 1. The van der Waals surface area contributed by atoms with E-state index in [9.17, 15) is 8.42 Å². The monoisotopic (exact) mass is 430 g/mol. The molecule has 0 saturated carbocycles. The molecule has 2 aliphatic rings. The molecule has 31 heavy (non-hydrogen) atoms. The minimum Gasteiger partial charge on any atom is -0.294 e. The summed E-state index contributed by atoms with van der Waals surface area (Å²) in [4.78, 5) is 2.74. The van der Waals surface area contributed by atoms with Gasteiger partial charge in [-0.05, 0) is 53.3 Å². The number of hydrogen-bond acceptors (Lipinski definition) is 3. The summed E-state index contributed by atoms with van der Waals surface area (Å²) < 4.78 is 28.3. The molecule has 0 fully saturated rings. The Morgan fingerprint density at radius 1 is 0.806 bits per heavy atom. The van der Waals surface area contributed by atoms with Gasteiger partial charge in [-0.1, -0.05) is 66.2 Å². The Kier molecular flexibility index (Phi) is 5.16. The first-order valence-electron chi connectivity index (χ1n) is 10.7. The first-order valence-corrected chi connectivity index (χ1v) is 12.1. The Hall–Kier alpha value is -2.89. The van der Waals surface area contributed by atoms with E-state index in [4.69, 9.17) is 0 Å².